The Bertz CT molecular complexity index is 308. The van der Waals surface area contributed by atoms with E-state index in [0.29, 0.717) is 25.4 Å². The number of amides is 1. The summed E-state index contributed by atoms with van der Waals surface area (Å²) in [5, 5.41) is 13.0. The number of likely N-dealkylation sites (tertiary alicyclic amines) is 1. The van der Waals surface area contributed by atoms with Gasteiger partial charge in [-0.25, -0.2) is 0 Å². The highest BCUT2D eigenvalue weighted by molar-refractivity contribution is 5.76. The van der Waals surface area contributed by atoms with E-state index in [0.717, 1.165) is 19.0 Å². The molecule has 0 spiro atoms. The summed E-state index contributed by atoms with van der Waals surface area (Å²) in [6.45, 7) is 5.54. The molecular weight excluding hydrogens is 264 g/mol. The summed E-state index contributed by atoms with van der Waals surface area (Å²) >= 11 is 0. The Labute approximate surface area is 129 Å². The van der Waals surface area contributed by atoms with Crippen LogP contribution in [-0.4, -0.2) is 48.2 Å². The molecule has 1 saturated heterocycles. The molecule has 2 aliphatic rings. The first-order valence-corrected chi connectivity index (χ1v) is 8.80. The van der Waals surface area contributed by atoms with Gasteiger partial charge in [0.15, 0.2) is 0 Å². The summed E-state index contributed by atoms with van der Waals surface area (Å²) in [5.41, 5.74) is 0. The minimum Gasteiger partial charge on any atom is -0.390 e. The third kappa shape index (κ3) is 6.35. The SMILES string of the molecule is CC1CCN(CC(O)CNC(=O)CC2CCCCC2)CC1. The van der Waals surface area contributed by atoms with E-state index in [1.165, 1.54) is 44.9 Å². The molecular formula is C17H32N2O2. The van der Waals surface area contributed by atoms with Crippen molar-refractivity contribution in [1.82, 2.24) is 10.2 Å². The van der Waals surface area contributed by atoms with Crippen LogP contribution >= 0.6 is 0 Å². The molecule has 2 rings (SSSR count). The van der Waals surface area contributed by atoms with Gasteiger partial charge in [0.05, 0.1) is 6.10 Å². The standard InChI is InChI=1S/C17H32N2O2/c1-14-7-9-19(10-8-14)13-16(20)12-18-17(21)11-15-5-3-2-4-6-15/h14-16,20H,2-13H2,1H3,(H,18,21). The van der Waals surface area contributed by atoms with E-state index in [2.05, 4.69) is 17.1 Å². The van der Waals surface area contributed by atoms with Gasteiger partial charge in [0, 0.05) is 19.5 Å². The van der Waals surface area contributed by atoms with E-state index in [1.54, 1.807) is 0 Å². The molecule has 1 unspecified atom stereocenters. The lowest BCUT2D eigenvalue weighted by atomic mass is 9.87. The fourth-order valence-corrected chi connectivity index (χ4v) is 3.56. The van der Waals surface area contributed by atoms with Gasteiger partial charge < -0.3 is 15.3 Å². The Morgan fingerprint density at radius 3 is 2.52 bits per heavy atom. The van der Waals surface area contributed by atoms with Gasteiger partial charge in [0.2, 0.25) is 5.91 Å². The monoisotopic (exact) mass is 296 g/mol. The summed E-state index contributed by atoms with van der Waals surface area (Å²) < 4.78 is 0. The molecule has 1 aliphatic carbocycles. The third-order valence-electron chi connectivity index (χ3n) is 5.08. The second-order valence-electron chi connectivity index (χ2n) is 7.15. The zero-order valence-electron chi connectivity index (χ0n) is 13.5. The molecule has 2 N–H and O–H groups in total. The smallest absolute Gasteiger partial charge is 0.220 e. The van der Waals surface area contributed by atoms with Crippen LogP contribution in [0.1, 0.15) is 58.3 Å². The minimum atomic E-state index is -0.436. The lowest BCUT2D eigenvalue weighted by molar-refractivity contribution is -0.122. The fourth-order valence-electron chi connectivity index (χ4n) is 3.56. The van der Waals surface area contributed by atoms with Crippen LogP contribution in [-0.2, 0) is 4.79 Å². The number of nitrogens with zero attached hydrogens (tertiary/aromatic N) is 1. The molecule has 1 aliphatic heterocycles. The summed E-state index contributed by atoms with van der Waals surface area (Å²) in [7, 11) is 0. The third-order valence-corrected chi connectivity index (χ3v) is 5.08. The molecule has 0 aromatic rings. The predicted molar refractivity (Wildman–Crippen MR) is 85.0 cm³/mol. The Hall–Kier alpha value is -0.610. The quantitative estimate of drug-likeness (QED) is 0.790. The number of aliphatic hydroxyl groups excluding tert-OH is 1. The number of nitrogens with one attached hydrogen (secondary N) is 1. The predicted octanol–water partition coefficient (Wildman–Crippen LogP) is 2.17. The highest BCUT2D eigenvalue weighted by Gasteiger charge is 2.20. The van der Waals surface area contributed by atoms with Gasteiger partial charge in [-0.1, -0.05) is 26.2 Å². The Balaban J connectivity index is 1.57. The van der Waals surface area contributed by atoms with Crippen molar-refractivity contribution in [3.8, 4) is 0 Å². The summed E-state index contributed by atoms with van der Waals surface area (Å²) in [4.78, 5) is 14.2. The first-order valence-electron chi connectivity index (χ1n) is 8.80. The van der Waals surface area contributed by atoms with E-state index in [-0.39, 0.29) is 5.91 Å². The van der Waals surface area contributed by atoms with Gasteiger partial charge in [-0.2, -0.15) is 0 Å². The number of β-amino-alcohol motifs (C(OH)–C–C–N with tert-alkyl or cyclic N) is 1. The van der Waals surface area contributed by atoms with Crippen LogP contribution in [0.15, 0.2) is 0 Å². The van der Waals surface area contributed by atoms with Crippen LogP contribution in [0.3, 0.4) is 0 Å². The van der Waals surface area contributed by atoms with Crippen molar-refractivity contribution in [2.75, 3.05) is 26.2 Å². The van der Waals surface area contributed by atoms with Crippen molar-refractivity contribution in [1.29, 1.82) is 0 Å². The van der Waals surface area contributed by atoms with Crippen molar-refractivity contribution in [3.05, 3.63) is 0 Å². The second kappa shape index (κ2) is 8.74. The number of hydrogen-bond donors (Lipinski definition) is 2. The van der Waals surface area contributed by atoms with Crippen LogP contribution in [0.4, 0.5) is 0 Å². The van der Waals surface area contributed by atoms with Crippen molar-refractivity contribution in [2.24, 2.45) is 11.8 Å². The van der Waals surface area contributed by atoms with Gasteiger partial charge >= 0.3 is 0 Å². The van der Waals surface area contributed by atoms with Crippen LogP contribution < -0.4 is 5.32 Å². The van der Waals surface area contributed by atoms with Crippen LogP contribution in [0.2, 0.25) is 0 Å². The summed E-state index contributed by atoms with van der Waals surface area (Å²) in [5.74, 6) is 1.50. The Kier molecular flexibility index (Phi) is 6.97. The van der Waals surface area contributed by atoms with Crippen molar-refractivity contribution >= 4 is 5.91 Å². The molecule has 1 amide bonds. The number of piperidine rings is 1. The molecule has 122 valence electrons. The summed E-state index contributed by atoms with van der Waals surface area (Å²) in [6, 6.07) is 0. The molecule has 0 aromatic carbocycles. The van der Waals surface area contributed by atoms with Crippen LogP contribution in [0.25, 0.3) is 0 Å². The van der Waals surface area contributed by atoms with E-state index in [1.807, 2.05) is 0 Å². The Morgan fingerprint density at radius 2 is 1.86 bits per heavy atom. The number of carbonyl (C=O) groups is 1. The van der Waals surface area contributed by atoms with E-state index >= 15 is 0 Å². The van der Waals surface area contributed by atoms with Crippen molar-refractivity contribution in [3.63, 3.8) is 0 Å². The first-order chi connectivity index (χ1) is 10.1. The van der Waals surface area contributed by atoms with Gasteiger partial charge in [-0.3, -0.25) is 4.79 Å². The number of carbonyl (C=O) groups excluding carboxylic acids is 1. The average molecular weight is 296 g/mol. The lowest BCUT2D eigenvalue weighted by Crippen LogP contribution is -2.43. The van der Waals surface area contributed by atoms with Crippen LogP contribution in [0.5, 0.6) is 0 Å². The molecule has 4 nitrogen and oxygen atoms in total. The number of aliphatic hydroxyl groups is 1. The maximum absolute atomic E-state index is 11.9. The maximum atomic E-state index is 11.9. The molecule has 0 aromatic heterocycles. The van der Waals surface area contributed by atoms with Gasteiger partial charge in [-0.05, 0) is 50.6 Å². The van der Waals surface area contributed by atoms with E-state index in [9.17, 15) is 9.90 Å². The highest BCUT2D eigenvalue weighted by Crippen LogP contribution is 2.26. The molecule has 0 bridgehead atoms. The first kappa shape index (κ1) is 16.8. The number of hydrogen-bond acceptors (Lipinski definition) is 3. The van der Waals surface area contributed by atoms with Gasteiger partial charge in [0.1, 0.15) is 0 Å². The normalized spacial score (nSPS) is 23.9. The molecule has 2 fully saturated rings. The van der Waals surface area contributed by atoms with E-state index < -0.39 is 6.10 Å². The number of rotatable bonds is 6. The van der Waals surface area contributed by atoms with E-state index in [4.69, 9.17) is 0 Å². The second-order valence-corrected chi connectivity index (χ2v) is 7.15. The summed E-state index contributed by atoms with van der Waals surface area (Å²) in [6.07, 6.45) is 8.92. The molecule has 21 heavy (non-hydrogen) atoms. The molecule has 1 atom stereocenters. The average Bonchev–Trinajstić information content (AvgIpc) is 2.49. The molecule has 1 heterocycles. The maximum Gasteiger partial charge on any atom is 0.220 e. The fraction of sp³-hybridized carbons (Fsp3) is 0.941. The minimum absolute atomic E-state index is 0.119. The zero-order chi connectivity index (χ0) is 15.1. The van der Waals surface area contributed by atoms with Crippen LogP contribution in [0, 0.1) is 11.8 Å². The van der Waals surface area contributed by atoms with Gasteiger partial charge in [-0.15, -0.1) is 0 Å². The van der Waals surface area contributed by atoms with Crippen molar-refractivity contribution < 1.29 is 9.90 Å². The molecule has 0 radical (unpaired) electrons. The highest BCUT2D eigenvalue weighted by atomic mass is 16.3. The van der Waals surface area contributed by atoms with Crippen molar-refractivity contribution in [2.45, 2.75) is 64.4 Å². The molecule has 1 saturated carbocycles. The lowest BCUT2D eigenvalue weighted by Gasteiger charge is -2.31. The zero-order valence-corrected chi connectivity index (χ0v) is 13.5. The van der Waals surface area contributed by atoms with Gasteiger partial charge in [0.25, 0.3) is 0 Å². The topological polar surface area (TPSA) is 52.6 Å². The Morgan fingerprint density at radius 1 is 1.19 bits per heavy atom. The largest absolute Gasteiger partial charge is 0.390 e. The molecule has 4 heteroatoms.